The van der Waals surface area contributed by atoms with Crippen LogP contribution in [0.3, 0.4) is 0 Å². The lowest BCUT2D eigenvalue weighted by atomic mass is 10.1. The van der Waals surface area contributed by atoms with E-state index in [4.69, 9.17) is 5.73 Å². The highest BCUT2D eigenvalue weighted by Crippen LogP contribution is 2.30. The summed E-state index contributed by atoms with van der Waals surface area (Å²) in [5.74, 6) is -0.760. The van der Waals surface area contributed by atoms with Crippen LogP contribution in [0.5, 0.6) is 0 Å². The van der Waals surface area contributed by atoms with Crippen LogP contribution in [0.25, 0.3) is 5.69 Å². The Labute approximate surface area is 175 Å². The number of anilines is 2. The fourth-order valence-corrected chi connectivity index (χ4v) is 3.86. The van der Waals surface area contributed by atoms with Gasteiger partial charge in [0, 0.05) is 29.9 Å². The Hall–Kier alpha value is -3.61. The average molecular weight is 403 g/mol. The van der Waals surface area contributed by atoms with Crippen LogP contribution in [-0.4, -0.2) is 34.7 Å². The lowest BCUT2D eigenvalue weighted by molar-refractivity contribution is 0.0996. The summed E-state index contributed by atoms with van der Waals surface area (Å²) in [7, 11) is 0. The molecule has 4 rings (SSSR count). The topological polar surface area (TPSA) is 93.2 Å². The predicted octanol–water partition coefficient (Wildman–Crippen LogP) is 3.44. The van der Waals surface area contributed by atoms with E-state index in [2.05, 4.69) is 15.3 Å². The van der Waals surface area contributed by atoms with Crippen LogP contribution in [0.2, 0.25) is 0 Å². The highest BCUT2D eigenvalue weighted by atomic mass is 16.2. The van der Waals surface area contributed by atoms with E-state index >= 15 is 0 Å². The van der Waals surface area contributed by atoms with E-state index in [0.29, 0.717) is 16.8 Å². The molecule has 0 atom stereocenters. The van der Waals surface area contributed by atoms with Crippen LogP contribution in [0, 0.1) is 13.8 Å². The van der Waals surface area contributed by atoms with Crippen LogP contribution >= 0.6 is 0 Å². The molecule has 0 unspecified atom stereocenters. The second kappa shape index (κ2) is 8.02. The van der Waals surface area contributed by atoms with Crippen molar-refractivity contribution in [1.29, 1.82) is 0 Å². The van der Waals surface area contributed by atoms with Crippen molar-refractivity contribution in [3.05, 3.63) is 71.0 Å². The number of aromatic nitrogens is 2. The minimum atomic E-state index is -0.521. The molecular formula is C23H25N5O2. The Morgan fingerprint density at radius 1 is 0.967 bits per heavy atom. The first kappa shape index (κ1) is 19.7. The Morgan fingerprint density at radius 2 is 1.63 bits per heavy atom. The Balaban J connectivity index is 1.59. The van der Waals surface area contributed by atoms with E-state index in [1.165, 1.54) is 0 Å². The smallest absolute Gasteiger partial charge is 0.255 e. The molecule has 0 spiro atoms. The monoisotopic (exact) mass is 403 g/mol. The predicted molar refractivity (Wildman–Crippen MR) is 117 cm³/mol. The van der Waals surface area contributed by atoms with Crippen LogP contribution in [0.15, 0.2) is 48.5 Å². The number of aryl methyl sites for hydroxylation is 2. The molecule has 7 nitrogen and oxygen atoms in total. The molecule has 1 aliphatic rings. The van der Waals surface area contributed by atoms with Gasteiger partial charge < -0.3 is 16.0 Å². The first-order chi connectivity index (χ1) is 14.4. The van der Waals surface area contributed by atoms with Crippen molar-refractivity contribution in [3.8, 4) is 5.69 Å². The summed E-state index contributed by atoms with van der Waals surface area (Å²) in [6.07, 6.45) is 2.22. The van der Waals surface area contributed by atoms with Gasteiger partial charge in [-0.2, -0.15) is 5.10 Å². The molecule has 3 N–H and O–H groups in total. The largest absolute Gasteiger partial charge is 0.370 e. The number of nitrogens with two attached hydrogens (primary N) is 1. The maximum absolute atomic E-state index is 12.9. The number of hydrogen-bond donors (Lipinski definition) is 2. The molecule has 0 bridgehead atoms. The number of rotatable bonds is 5. The number of carbonyl (C=O) groups excluding carboxylic acids is 2. The Kier molecular flexibility index (Phi) is 5.27. The third-order valence-electron chi connectivity index (χ3n) is 5.36. The standard InChI is InChI=1S/C23H25N5O2/c1-15-13-16(2)28(26-15)19-8-5-17(6-9-19)23(30)25-20-14-18(22(24)29)7-10-21(20)27-11-3-4-12-27/h5-10,13-14H,3-4,11-12H2,1-2H3,(H2,24,29)(H,25,30). The van der Waals surface area contributed by atoms with Crippen LogP contribution in [0.1, 0.15) is 44.9 Å². The van der Waals surface area contributed by atoms with E-state index in [0.717, 1.165) is 48.7 Å². The maximum Gasteiger partial charge on any atom is 0.255 e. The van der Waals surface area contributed by atoms with Gasteiger partial charge in [-0.15, -0.1) is 0 Å². The van der Waals surface area contributed by atoms with Gasteiger partial charge in [0.05, 0.1) is 22.8 Å². The fraction of sp³-hybridized carbons (Fsp3) is 0.261. The molecule has 1 aromatic heterocycles. The molecule has 7 heteroatoms. The number of carbonyl (C=O) groups is 2. The van der Waals surface area contributed by atoms with Gasteiger partial charge in [-0.3, -0.25) is 9.59 Å². The van der Waals surface area contributed by atoms with E-state index in [9.17, 15) is 9.59 Å². The number of benzene rings is 2. The lowest BCUT2D eigenvalue weighted by Gasteiger charge is -2.22. The van der Waals surface area contributed by atoms with Crippen LogP contribution in [-0.2, 0) is 0 Å². The molecule has 1 fully saturated rings. The van der Waals surface area contributed by atoms with Crippen molar-refractivity contribution in [2.45, 2.75) is 26.7 Å². The summed E-state index contributed by atoms with van der Waals surface area (Å²) in [5.41, 5.74) is 10.7. The zero-order valence-electron chi connectivity index (χ0n) is 17.2. The molecule has 1 saturated heterocycles. The lowest BCUT2D eigenvalue weighted by Crippen LogP contribution is -2.22. The van der Waals surface area contributed by atoms with Gasteiger partial charge in [0.1, 0.15) is 0 Å². The molecular weight excluding hydrogens is 378 g/mol. The summed E-state index contributed by atoms with van der Waals surface area (Å²) in [5, 5.41) is 7.43. The van der Waals surface area contributed by atoms with Crippen molar-refractivity contribution >= 4 is 23.2 Å². The third-order valence-corrected chi connectivity index (χ3v) is 5.36. The van der Waals surface area contributed by atoms with Gasteiger partial charge in [0.25, 0.3) is 5.91 Å². The summed E-state index contributed by atoms with van der Waals surface area (Å²) >= 11 is 0. The molecule has 2 aromatic carbocycles. The van der Waals surface area contributed by atoms with E-state index in [-0.39, 0.29) is 5.91 Å². The normalized spacial score (nSPS) is 13.5. The summed E-state index contributed by atoms with van der Waals surface area (Å²) in [4.78, 5) is 26.8. The molecule has 30 heavy (non-hydrogen) atoms. The van der Waals surface area contributed by atoms with Crippen molar-refractivity contribution in [2.24, 2.45) is 5.73 Å². The van der Waals surface area contributed by atoms with Crippen LogP contribution < -0.4 is 16.0 Å². The molecule has 2 amide bonds. The van der Waals surface area contributed by atoms with Gasteiger partial charge in [-0.05, 0) is 75.2 Å². The van der Waals surface area contributed by atoms with Crippen molar-refractivity contribution in [1.82, 2.24) is 9.78 Å². The van der Waals surface area contributed by atoms with E-state index in [1.807, 2.05) is 42.8 Å². The molecule has 0 saturated carbocycles. The maximum atomic E-state index is 12.9. The second-order valence-electron chi connectivity index (χ2n) is 7.63. The minimum Gasteiger partial charge on any atom is -0.370 e. The summed E-state index contributed by atoms with van der Waals surface area (Å²) in [6.45, 7) is 5.79. The van der Waals surface area contributed by atoms with Gasteiger partial charge >= 0.3 is 0 Å². The van der Waals surface area contributed by atoms with Gasteiger partial charge in [-0.25, -0.2) is 4.68 Å². The second-order valence-corrected chi connectivity index (χ2v) is 7.63. The van der Waals surface area contributed by atoms with Gasteiger partial charge in [0.2, 0.25) is 5.91 Å². The van der Waals surface area contributed by atoms with Gasteiger partial charge in [0.15, 0.2) is 0 Å². The van der Waals surface area contributed by atoms with E-state index in [1.54, 1.807) is 24.3 Å². The van der Waals surface area contributed by atoms with Crippen LogP contribution in [0.4, 0.5) is 11.4 Å². The van der Waals surface area contributed by atoms with Gasteiger partial charge in [-0.1, -0.05) is 0 Å². The highest BCUT2D eigenvalue weighted by molar-refractivity contribution is 6.07. The first-order valence-corrected chi connectivity index (χ1v) is 10.1. The zero-order chi connectivity index (χ0) is 21.3. The number of hydrogen-bond acceptors (Lipinski definition) is 4. The summed E-state index contributed by atoms with van der Waals surface area (Å²) < 4.78 is 1.85. The van der Waals surface area contributed by atoms with Crippen molar-refractivity contribution in [2.75, 3.05) is 23.3 Å². The highest BCUT2D eigenvalue weighted by Gasteiger charge is 2.19. The molecule has 154 valence electrons. The third kappa shape index (κ3) is 3.91. The zero-order valence-corrected chi connectivity index (χ0v) is 17.2. The average Bonchev–Trinajstić information content (AvgIpc) is 3.37. The molecule has 0 radical (unpaired) electrons. The van der Waals surface area contributed by atoms with E-state index < -0.39 is 5.91 Å². The molecule has 3 aromatic rings. The Morgan fingerprint density at radius 3 is 2.23 bits per heavy atom. The molecule has 2 heterocycles. The molecule has 0 aliphatic carbocycles. The fourth-order valence-electron chi connectivity index (χ4n) is 3.86. The Bertz CT molecular complexity index is 1100. The number of amides is 2. The first-order valence-electron chi connectivity index (χ1n) is 10.1. The number of primary amides is 1. The quantitative estimate of drug-likeness (QED) is 0.682. The number of nitrogens with one attached hydrogen (secondary N) is 1. The number of nitrogens with zero attached hydrogens (tertiary/aromatic N) is 3. The summed E-state index contributed by atoms with van der Waals surface area (Å²) in [6, 6.07) is 14.5. The SMILES string of the molecule is Cc1cc(C)n(-c2ccc(C(=O)Nc3cc(C(N)=O)ccc3N3CCCC3)cc2)n1. The van der Waals surface area contributed by atoms with Crippen molar-refractivity contribution < 1.29 is 9.59 Å². The minimum absolute atomic E-state index is 0.239. The van der Waals surface area contributed by atoms with Crippen molar-refractivity contribution in [3.63, 3.8) is 0 Å². The molecule has 1 aliphatic heterocycles.